The monoisotopic (exact) mass is 391 g/mol. The number of hydrogen-bond donors (Lipinski definition) is 1. The van der Waals surface area contributed by atoms with E-state index in [2.05, 4.69) is 5.32 Å². The highest BCUT2D eigenvalue weighted by Gasteiger charge is 2.20. The van der Waals surface area contributed by atoms with Crippen LogP contribution >= 0.6 is 11.6 Å². The molecular formula is C18H18ClN3O5. The van der Waals surface area contributed by atoms with Gasteiger partial charge in [0.05, 0.1) is 34.5 Å². The number of nitro groups is 1. The number of morpholine rings is 1. The minimum Gasteiger partial charge on any atom is -0.482 e. The van der Waals surface area contributed by atoms with Crippen molar-refractivity contribution < 1.29 is 19.2 Å². The van der Waals surface area contributed by atoms with E-state index in [0.29, 0.717) is 48.5 Å². The molecule has 8 nitrogen and oxygen atoms in total. The van der Waals surface area contributed by atoms with Gasteiger partial charge in [-0.05, 0) is 18.2 Å². The van der Waals surface area contributed by atoms with Crippen molar-refractivity contribution in [3.63, 3.8) is 0 Å². The number of carbonyl (C=O) groups is 1. The summed E-state index contributed by atoms with van der Waals surface area (Å²) >= 11 is 6.00. The third kappa shape index (κ3) is 4.87. The highest BCUT2D eigenvalue weighted by atomic mass is 35.5. The van der Waals surface area contributed by atoms with E-state index in [1.54, 1.807) is 24.3 Å². The van der Waals surface area contributed by atoms with Gasteiger partial charge in [-0.3, -0.25) is 14.9 Å². The third-order valence-electron chi connectivity index (χ3n) is 4.01. The van der Waals surface area contributed by atoms with Crippen molar-refractivity contribution in [3.8, 4) is 5.75 Å². The zero-order chi connectivity index (χ0) is 19.2. The molecule has 0 bridgehead atoms. The van der Waals surface area contributed by atoms with Crippen LogP contribution < -0.4 is 15.0 Å². The zero-order valence-corrected chi connectivity index (χ0v) is 15.1. The standard InChI is InChI=1S/C18H18ClN3O5/c19-14-3-1-2-4-17(14)27-12-18(23)20-15-6-5-13(22(24)25)11-16(15)21-7-9-26-10-8-21/h1-6,11H,7-10,12H2,(H,20,23). The number of nitro benzene ring substituents is 1. The summed E-state index contributed by atoms with van der Waals surface area (Å²) in [5.74, 6) is 0.0182. The number of nitrogens with zero attached hydrogens (tertiary/aromatic N) is 2. The molecule has 1 N–H and O–H groups in total. The number of anilines is 2. The van der Waals surface area contributed by atoms with Crippen LogP contribution in [-0.2, 0) is 9.53 Å². The molecule has 0 saturated carbocycles. The highest BCUT2D eigenvalue weighted by molar-refractivity contribution is 6.32. The second-order valence-electron chi connectivity index (χ2n) is 5.83. The molecule has 0 unspecified atom stereocenters. The first-order chi connectivity index (χ1) is 13.0. The largest absolute Gasteiger partial charge is 0.482 e. The molecule has 1 aliphatic rings. The van der Waals surface area contributed by atoms with Crippen molar-refractivity contribution in [2.24, 2.45) is 0 Å². The molecule has 2 aromatic rings. The number of halogens is 1. The van der Waals surface area contributed by atoms with Crippen LogP contribution in [0.4, 0.5) is 17.1 Å². The zero-order valence-electron chi connectivity index (χ0n) is 14.4. The van der Waals surface area contributed by atoms with Crippen LogP contribution in [0, 0.1) is 10.1 Å². The lowest BCUT2D eigenvalue weighted by Gasteiger charge is -2.30. The summed E-state index contributed by atoms with van der Waals surface area (Å²) < 4.78 is 10.8. The Hall–Kier alpha value is -2.84. The summed E-state index contributed by atoms with van der Waals surface area (Å²) in [6.07, 6.45) is 0. The lowest BCUT2D eigenvalue weighted by Crippen LogP contribution is -2.37. The number of nitrogens with one attached hydrogen (secondary N) is 1. The quantitative estimate of drug-likeness (QED) is 0.600. The van der Waals surface area contributed by atoms with E-state index in [4.69, 9.17) is 21.1 Å². The molecule has 1 aliphatic heterocycles. The van der Waals surface area contributed by atoms with Crippen LogP contribution in [0.5, 0.6) is 5.75 Å². The van der Waals surface area contributed by atoms with E-state index in [9.17, 15) is 14.9 Å². The van der Waals surface area contributed by atoms with Crippen molar-refractivity contribution >= 4 is 34.6 Å². The number of hydrogen-bond acceptors (Lipinski definition) is 6. The SMILES string of the molecule is O=C(COc1ccccc1Cl)Nc1ccc([N+](=O)[O-])cc1N1CCOCC1. The molecular weight excluding hydrogens is 374 g/mol. The maximum absolute atomic E-state index is 12.3. The van der Waals surface area contributed by atoms with E-state index in [1.807, 2.05) is 4.90 Å². The van der Waals surface area contributed by atoms with Gasteiger partial charge >= 0.3 is 0 Å². The number of para-hydroxylation sites is 1. The molecule has 0 radical (unpaired) electrons. The molecule has 3 rings (SSSR count). The normalized spacial score (nSPS) is 13.9. The predicted octanol–water partition coefficient (Wildman–Crippen LogP) is 3.10. The first-order valence-electron chi connectivity index (χ1n) is 8.33. The van der Waals surface area contributed by atoms with Gasteiger partial charge in [0.1, 0.15) is 5.75 Å². The fourth-order valence-electron chi connectivity index (χ4n) is 2.70. The van der Waals surface area contributed by atoms with Crippen molar-refractivity contribution in [2.75, 3.05) is 43.1 Å². The highest BCUT2D eigenvalue weighted by Crippen LogP contribution is 2.31. The molecule has 1 saturated heterocycles. The first-order valence-corrected chi connectivity index (χ1v) is 8.70. The summed E-state index contributed by atoms with van der Waals surface area (Å²) in [5.41, 5.74) is 1.02. The van der Waals surface area contributed by atoms with Gasteiger partial charge in [-0.25, -0.2) is 0 Å². The molecule has 1 fully saturated rings. The summed E-state index contributed by atoms with van der Waals surface area (Å²) in [6.45, 7) is 1.97. The second kappa shape index (κ2) is 8.70. The second-order valence-corrected chi connectivity index (χ2v) is 6.23. The number of benzene rings is 2. The van der Waals surface area contributed by atoms with Crippen LogP contribution in [0.1, 0.15) is 0 Å². The van der Waals surface area contributed by atoms with Crippen molar-refractivity contribution in [3.05, 3.63) is 57.6 Å². The Kier molecular flexibility index (Phi) is 6.10. The van der Waals surface area contributed by atoms with Crippen LogP contribution in [0.25, 0.3) is 0 Å². The fourth-order valence-corrected chi connectivity index (χ4v) is 2.89. The Bertz CT molecular complexity index is 839. The van der Waals surface area contributed by atoms with Gasteiger partial charge in [0, 0.05) is 25.2 Å². The van der Waals surface area contributed by atoms with Crippen molar-refractivity contribution in [2.45, 2.75) is 0 Å². The maximum atomic E-state index is 12.3. The van der Waals surface area contributed by atoms with Gasteiger partial charge in [-0.15, -0.1) is 0 Å². The lowest BCUT2D eigenvalue weighted by molar-refractivity contribution is -0.384. The van der Waals surface area contributed by atoms with Gasteiger partial charge in [-0.1, -0.05) is 23.7 Å². The minimum absolute atomic E-state index is 0.0400. The van der Waals surface area contributed by atoms with Crippen LogP contribution in [0.3, 0.4) is 0 Å². The van der Waals surface area contributed by atoms with Crippen LogP contribution in [0.15, 0.2) is 42.5 Å². The topological polar surface area (TPSA) is 93.9 Å². The van der Waals surface area contributed by atoms with Gasteiger partial charge in [0.2, 0.25) is 0 Å². The number of amides is 1. The van der Waals surface area contributed by atoms with Crippen molar-refractivity contribution in [1.82, 2.24) is 0 Å². The molecule has 2 aromatic carbocycles. The van der Waals surface area contributed by atoms with Gasteiger partial charge in [-0.2, -0.15) is 0 Å². The Morgan fingerprint density at radius 1 is 1.26 bits per heavy atom. The average molecular weight is 392 g/mol. The van der Waals surface area contributed by atoms with E-state index in [1.165, 1.54) is 18.2 Å². The number of ether oxygens (including phenoxy) is 2. The van der Waals surface area contributed by atoms with E-state index in [0.717, 1.165) is 0 Å². The van der Waals surface area contributed by atoms with Crippen molar-refractivity contribution in [1.29, 1.82) is 0 Å². The molecule has 142 valence electrons. The van der Waals surface area contributed by atoms with E-state index in [-0.39, 0.29) is 12.3 Å². The lowest BCUT2D eigenvalue weighted by atomic mass is 10.2. The first kappa shape index (κ1) is 18.9. The molecule has 1 amide bonds. The maximum Gasteiger partial charge on any atom is 0.271 e. The summed E-state index contributed by atoms with van der Waals surface area (Å²) in [7, 11) is 0. The third-order valence-corrected chi connectivity index (χ3v) is 4.33. The number of carbonyl (C=O) groups excluding carboxylic acids is 1. The molecule has 0 spiro atoms. The molecule has 9 heteroatoms. The van der Waals surface area contributed by atoms with Crippen LogP contribution in [-0.4, -0.2) is 43.7 Å². The number of non-ortho nitro benzene ring substituents is 1. The van der Waals surface area contributed by atoms with Gasteiger partial charge < -0.3 is 19.7 Å². The average Bonchev–Trinajstić information content (AvgIpc) is 2.68. The molecule has 27 heavy (non-hydrogen) atoms. The Morgan fingerprint density at radius 3 is 2.70 bits per heavy atom. The number of rotatable bonds is 6. The van der Waals surface area contributed by atoms with Gasteiger partial charge in [0.15, 0.2) is 6.61 Å². The molecule has 0 aromatic heterocycles. The Morgan fingerprint density at radius 2 is 2.00 bits per heavy atom. The smallest absolute Gasteiger partial charge is 0.271 e. The minimum atomic E-state index is -0.462. The molecule has 0 aliphatic carbocycles. The Labute approximate surface area is 160 Å². The molecule has 0 atom stereocenters. The summed E-state index contributed by atoms with van der Waals surface area (Å²) in [6, 6.07) is 11.2. The fraction of sp³-hybridized carbons (Fsp3) is 0.278. The summed E-state index contributed by atoms with van der Waals surface area (Å²) in [4.78, 5) is 24.9. The van der Waals surface area contributed by atoms with Gasteiger partial charge in [0.25, 0.3) is 11.6 Å². The Balaban J connectivity index is 1.73. The predicted molar refractivity (Wildman–Crippen MR) is 102 cm³/mol. The summed E-state index contributed by atoms with van der Waals surface area (Å²) in [5, 5.41) is 14.3. The molecule has 1 heterocycles. The van der Waals surface area contributed by atoms with Crippen LogP contribution in [0.2, 0.25) is 5.02 Å². The van der Waals surface area contributed by atoms with E-state index < -0.39 is 10.8 Å². The van der Waals surface area contributed by atoms with E-state index >= 15 is 0 Å².